The van der Waals surface area contributed by atoms with E-state index in [-0.39, 0.29) is 5.75 Å². The third-order valence-corrected chi connectivity index (χ3v) is 3.94. The largest absolute Gasteiger partial charge is 0.507 e. The quantitative estimate of drug-likeness (QED) is 0.458. The van der Waals surface area contributed by atoms with Crippen LogP contribution in [0.1, 0.15) is 44.6 Å². The van der Waals surface area contributed by atoms with Gasteiger partial charge in [-0.1, -0.05) is 32.6 Å². The van der Waals surface area contributed by atoms with E-state index in [4.69, 9.17) is 9.47 Å². The summed E-state index contributed by atoms with van der Waals surface area (Å²) < 4.78 is 10.8. The fraction of sp³-hybridized carbons (Fsp3) is 0.381. The Labute approximate surface area is 150 Å². The highest BCUT2D eigenvalue weighted by molar-refractivity contribution is 5.85. The van der Waals surface area contributed by atoms with E-state index in [0.29, 0.717) is 11.3 Å². The molecule has 0 radical (unpaired) electrons. The highest BCUT2D eigenvalue weighted by atomic mass is 16.5. The number of hydrogen-bond donors (Lipinski definition) is 1. The third-order valence-electron chi connectivity index (χ3n) is 3.94. The first-order chi connectivity index (χ1) is 12.2. The van der Waals surface area contributed by atoms with Crippen molar-refractivity contribution in [3.63, 3.8) is 0 Å². The Morgan fingerprint density at radius 3 is 2.36 bits per heavy atom. The zero-order chi connectivity index (χ0) is 17.9. The van der Waals surface area contributed by atoms with Crippen LogP contribution in [0, 0.1) is 0 Å². The maximum Gasteiger partial charge on any atom is 0.128 e. The van der Waals surface area contributed by atoms with Crippen LogP contribution in [0.5, 0.6) is 17.2 Å². The maximum atomic E-state index is 9.93. The Morgan fingerprint density at radius 2 is 1.68 bits per heavy atom. The zero-order valence-electron chi connectivity index (χ0n) is 15.1. The standard InChI is InChI=1S/C21H27NO3/c1-3-4-5-6-7-14-25-19-12-9-18(10-13-19)22-16-17-8-11-20(24-2)15-21(17)23/h8-13,15-16,23H,3-7,14H2,1-2H3. The predicted molar refractivity (Wildman–Crippen MR) is 103 cm³/mol. The topological polar surface area (TPSA) is 51.0 Å². The summed E-state index contributed by atoms with van der Waals surface area (Å²) in [7, 11) is 1.57. The van der Waals surface area contributed by atoms with Gasteiger partial charge in [-0.2, -0.15) is 0 Å². The lowest BCUT2D eigenvalue weighted by Gasteiger charge is -2.06. The molecule has 0 aromatic heterocycles. The van der Waals surface area contributed by atoms with Gasteiger partial charge in [-0.05, 0) is 42.8 Å². The first kappa shape index (κ1) is 18.8. The number of unbranched alkanes of at least 4 members (excludes halogenated alkanes) is 4. The summed E-state index contributed by atoms with van der Waals surface area (Å²) in [4.78, 5) is 4.38. The predicted octanol–water partition coefficient (Wildman–Crippen LogP) is 5.50. The number of phenolic OH excluding ortho intramolecular Hbond substituents is 1. The van der Waals surface area contributed by atoms with E-state index >= 15 is 0 Å². The molecule has 25 heavy (non-hydrogen) atoms. The summed E-state index contributed by atoms with van der Waals surface area (Å²) in [5, 5.41) is 9.93. The van der Waals surface area contributed by atoms with E-state index < -0.39 is 0 Å². The zero-order valence-corrected chi connectivity index (χ0v) is 15.1. The number of aromatic hydroxyl groups is 1. The van der Waals surface area contributed by atoms with E-state index in [1.807, 2.05) is 24.3 Å². The molecule has 0 amide bonds. The lowest BCUT2D eigenvalue weighted by atomic mass is 10.2. The molecule has 0 saturated heterocycles. The molecule has 4 heteroatoms. The van der Waals surface area contributed by atoms with E-state index in [2.05, 4.69) is 11.9 Å². The van der Waals surface area contributed by atoms with E-state index in [9.17, 15) is 5.11 Å². The average molecular weight is 341 g/mol. The summed E-state index contributed by atoms with van der Waals surface area (Å²) in [6, 6.07) is 12.8. The molecule has 0 aliphatic carbocycles. The molecule has 0 heterocycles. The van der Waals surface area contributed by atoms with Crippen LogP contribution in [0.2, 0.25) is 0 Å². The van der Waals surface area contributed by atoms with Crippen molar-refractivity contribution in [2.75, 3.05) is 13.7 Å². The second-order valence-electron chi connectivity index (χ2n) is 5.94. The van der Waals surface area contributed by atoms with Gasteiger partial charge in [-0.15, -0.1) is 0 Å². The van der Waals surface area contributed by atoms with Crippen molar-refractivity contribution in [2.45, 2.75) is 39.0 Å². The number of benzene rings is 2. The Morgan fingerprint density at radius 1 is 0.960 bits per heavy atom. The summed E-state index contributed by atoms with van der Waals surface area (Å²) in [6.07, 6.45) is 7.80. The highest BCUT2D eigenvalue weighted by Crippen LogP contribution is 2.23. The molecule has 0 bridgehead atoms. The van der Waals surface area contributed by atoms with Gasteiger partial charge in [0, 0.05) is 17.8 Å². The minimum atomic E-state index is 0.145. The lowest BCUT2D eigenvalue weighted by Crippen LogP contribution is -1.96. The third kappa shape index (κ3) is 6.49. The number of methoxy groups -OCH3 is 1. The average Bonchev–Trinajstić information content (AvgIpc) is 2.64. The molecule has 0 fully saturated rings. The van der Waals surface area contributed by atoms with Crippen LogP contribution in [0.3, 0.4) is 0 Å². The minimum Gasteiger partial charge on any atom is -0.507 e. The van der Waals surface area contributed by atoms with Gasteiger partial charge >= 0.3 is 0 Å². The van der Waals surface area contributed by atoms with Crippen molar-refractivity contribution in [1.29, 1.82) is 0 Å². The molecule has 134 valence electrons. The van der Waals surface area contributed by atoms with Crippen molar-refractivity contribution in [1.82, 2.24) is 0 Å². The van der Waals surface area contributed by atoms with Gasteiger partial charge in [0.25, 0.3) is 0 Å². The summed E-state index contributed by atoms with van der Waals surface area (Å²) in [5.74, 6) is 1.62. The summed E-state index contributed by atoms with van der Waals surface area (Å²) >= 11 is 0. The molecule has 0 spiro atoms. The van der Waals surface area contributed by atoms with Crippen molar-refractivity contribution < 1.29 is 14.6 Å². The normalized spacial score (nSPS) is 11.0. The number of ether oxygens (including phenoxy) is 2. The van der Waals surface area contributed by atoms with Crippen LogP contribution >= 0.6 is 0 Å². The first-order valence-electron chi connectivity index (χ1n) is 8.87. The molecule has 2 aromatic carbocycles. The lowest BCUT2D eigenvalue weighted by molar-refractivity contribution is 0.304. The van der Waals surface area contributed by atoms with Gasteiger partial charge in [-0.3, -0.25) is 4.99 Å². The molecule has 4 nitrogen and oxygen atoms in total. The minimum absolute atomic E-state index is 0.145. The fourth-order valence-corrected chi connectivity index (χ4v) is 2.43. The van der Waals surface area contributed by atoms with E-state index in [1.165, 1.54) is 25.7 Å². The Bertz CT molecular complexity index is 665. The van der Waals surface area contributed by atoms with Gasteiger partial charge in [0.1, 0.15) is 17.2 Å². The van der Waals surface area contributed by atoms with Crippen molar-refractivity contribution in [3.8, 4) is 17.2 Å². The fourth-order valence-electron chi connectivity index (χ4n) is 2.43. The first-order valence-corrected chi connectivity index (χ1v) is 8.87. The second kappa shape index (κ2) is 10.4. The molecule has 0 atom stereocenters. The number of rotatable bonds is 10. The number of aliphatic imine (C=N–C) groups is 1. The van der Waals surface area contributed by atoms with Crippen LogP contribution < -0.4 is 9.47 Å². The van der Waals surface area contributed by atoms with Crippen LogP contribution in [0.15, 0.2) is 47.5 Å². The summed E-state index contributed by atoms with van der Waals surface area (Å²) in [6.45, 7) is 2.97. The maximum absolute atomic E-state index is 9.93. The molecular formula is C21H27NO3. The molecular weight excluding hydrogens is 314 g/mol. The molecule has 2 aromatic rings. The molecule has 0 saturated carbocycles. The van der Waals surface area contributed by atoms with Gasteiger partial charge in [-0.25, -0.2) is 0 Å². The van der Waals surface area contributed by atoms with E-state index in [1.54, 1.807) is 31.5 Å². The monoisotopic (exact) mass is 341 g/mol. The highest BCUT2D eigenvalue weighted by Gasteiger charge is 2.01. The van der Waals surface area contributed by atoms with Crippen LogP contribution in [-0.4, -0.2) is 25.0 Å². The Balaban J connectivity index is 1.83. The van der Waals surface area contributed by atoms with Gasteiger partial charge in [0.15, 0.2) is 0 Å². The van der Waals surface area contributed by atoms with Crippen molar-refractivity contribution in [2.24, 2.45) is 4.99 Å². The molecule has 2 rings (SSSR count). The Hall–Kier alpha value is -2.49. The SMILES string of the molecule is CCCCCCCOc1ccc(N=Cc2ccc(OC)cc2O)cc1. The van der Waals surface area contributed by atoms with E-state index in [0.717, 1.165) is 24.5 Å². The molecule has 0 aliphatic rings. The van der Waals surface area contributed by atoms with Crippen LogP contribution in [0.25, 0.3) is 0 Å². The number of phenols is 1. The molecule has 0 aliphatic heterocycles. The van der Waals surface area contributed by atoms with Gasteiger partial charge in [0.2, 0.25) is 0 Å². The van der Waals surface area contributed by atoms with Gasteiger partial charge < -0.3 is 14.6 Å². The summed E-state index contributed by atoms with van der Waals surface area (Å²) in [5.41, 5.74) is 1.46. The smallest absolute Gasteiger partial charge is 0.128 e. The second-order valence-corrected chi connectivity index (χ2v) is 5.94. The van der Waals surface area contributed by atoms with Crippen LogP contribution in [0.4, 0.5) is 5.69 Å². The molecule has 1 N–H and O–H groups in total. The van der Waals surface area contributed by atoms with Crippen LogP contribution in [-0.2, 0) is 0 Å². The Kier molecular flexibility index (Phi) is 7.83. The van der Waals surface area contributed by atoms with Crippen molar-refractivity contribution >= 4 is 11.9 Å². The number of nitrogens with zero attached hydrogens (tertiary/aromatic N) is 1. The number of hydrogen-bond acceptors (Lipinski definition) is 4. The molecule has 0 unspecified atom stereocenters. The van der Waals surface area contributed by atoms with Gasteiger partial charge in [0.05, 0.1) is 19.4 Å². The van der Waals surface area contributed by atoms with Crippen molar-refractivity contribution in [3.05, 3.63) is 48.0 Å².